The third-order valence-corrected chi connectivity index (χ3v) is 8.26. The number of hydrogen-bond donors (Lipinski definition) is 0. The number of likely N-dealkylation sites (N-methyl/N-ethyl adjacent to an activating group) is 1. The van der Waals surface area contributed by atoms with Crippen molar-refractivity contribution in [3.05, 3.63) is 59.8 Å². The van der Waals surface area contributed by atoms with Gasteiger partial charge >= 0.3 is 0 Å². The molecule has 1 aromatic carbocycles. The Labute approximate surface area is 185 Å². The maximum absolute atomic E-state index is 11.4. The number of aryl methyl sites for hydroxylation is 1. The third kappa shape index (κ3) is 4.07. The van der Waals surface area contributed by atoms with Crippen molar-refractivity contribution in [1.29, 1.82) is 0 Å². The van der Waals surface area contributed by atoms with Crippen molar-refractivity contribution in [2.75, 3.05) is 40.3 Å². The van der Waals surface area contributed by atoms with Crippen molar-refractivity contribution in [3.8, 4) is 0 Å². The number of rotatable bonds is 5. The fourth-order valence-corrected chi connectivity index (χ4v) is 6.37. The van der Waals surface area contributed by atoms with Crippen LogP contribution in [0.3, 0.4) is 0 Å². The molecule has 4 heterocycles. The fraction of sp³-hybridized carbons (Fsp3) is 0.417. The number of aldehydes is 1. The van der Waals surface area contributed by atoms with Gasteiger partial charge in [0.25, 0.3) is 0 Å². The maximum Gasteiger partial charge on any atom is 0.192 e. The average Bonchev–Trinajstić information content (AvgIpc) is 3.39. The second-order valence-corrected chi connectivity index (χ2v) is 10.4. The summed E-state index contributed by atoms with van der Waals surface area (Å²) in [6, 6.07) is 5.98. The van der Waals surface area contributed by atoms with Crippen LogP contribution in [0, 0.1) is 18.8 Å². The Morgan fingerprint density at radius 3 is 2.68 bits per heavy atom. The summed E-state index contributed by atoms with van der Waals surface area (Å²) in [5, 5.41) is 1.03. The molecule has 2 saturated heterocycles. The zero-order valence-electron chi connectivity index (χ0n) is 18.3. The summed E-state index contributed by atoms with van der Waals surface area (Å²) in [5.41, 5.74) is 3.93. The number of oxazole rings is 1. The number of allylic oxidation sites excluding steroid dienone is 2. The lowest BCUT2D eigenvalue weighted by Crippen LogP contribution is -2.31. The summed E-state index contributed by atoms with van der Waals surface area (Å²) < 4.78 is 5.69. The predicted octanol–water partition coefficient (Wildman–Crippen LogP) is 3.52. The van der Waals surface area contributed by atoms with Crippen LogP contribution in [0.15, 0.2) is 52.7 Å². The number of hydrogen-bond acceptors (Lipinski definition) is 6. The molecule has 0 radical (unpaired) electrons. The van der Waals surface area contributed by atoms with Gasteiger partial charge in [-0.25, -0.2) is 4.98 Å². The molecular formula is C24H29N4O2P. The lowest BCUT2D eigenvalue weighted by molar-refractivity contribution is -0.104. The number of likely N-dealkylation sites (tertiary alicyclic amines) is 2. The highest BCUT2D eigenvalue weighted by Gasteiger charge is 2.39. The summed E-state index contributed by atoms with van der Waals surface area (Å²) in [6.07, 6.45) is 9.38. The second-order valence-electron chi connectivity index (χ2n) is 8.95. The lowest BCUT2D eigenvalue weighted by atomic mass is 10.0. The van der Waals surface area contributed by atoms with Crippen molar-refractivity contribution in [3.63, 3.8) is 0 Å². The molecule has 7 heteroatoms. The minimum Gasteiger partial charge on any atom is -0.441 e. The van der Waals surface area contributed by atoms with Crippen LogP contribution in [-0.2, 0) is 4.79 Å². The monoisotopic (exact) mass is 436 g/mol. The topological polar surface area (TPSA) is 52.8 Å². The van der Waals surface area contributed by atoms with Crippen LogP contribution in [-0.4, -0.2) is 72.0 Å². The molecule has 2 aromatic rings. The van der Waals surface area contributed by atoms with Crippen molar-refractivity contribution in [1.82, 2.24) is 19.7 Å². The van der Waals surface area contributed by atoms with Crippen LogP contribution >= 0.6 is 8.58 Å². The van der Waals surface area contributed by atoms with Gasteiger partial charge < -0.3 is 19.1 Å². The Morgan fingerprint density at radius 2 is 1.97 bits per heavy atom. The number of carbonyl (C=O) groups is 1. The zero-order chi connectivity index (χ0) is 21.5. The van der Waals surface area contributed by atoms with Crippen LogP contribution < -0.4 is 0 Å². The lowest BCUT2D eigenvalue weighted by Gasteiger charge is -2.32. The van der Waals surface area contributed by atoms with E-state index in [4.69, 9.17) is 4.42 Å². The molecule has 5 rings (SSSR count). The van der Waals surface area contributed by atoms with E-state index in [0.29, 0.717) is 14.5 Å². The van der Waals surface area contributed by atoms with E-state index in [-0.39, 0.29) is 5.78 Å². The van der Waals surface area contributed by atoms with Crippen LogP contribution in [0.25, 0.3) is 16.4 Å². The highest BCUT2D eigenvalue weighted by atomic mass is 31.1. The number of benzene rings is 1. The Balaban J connectivity index is 1.29. The van der Waals surface area contributed by atoms with Gasteiger partial charge in [-0.2, -0.15) is 0 Å². The third-order valence-electron chi connectivity index (χ3n) is 6.60. The Morgan fingerprint density at radius 1 is 1.19 bits per heavy atom. The average molecular weight is 436 g/mol. The summed E-state index contributed by atoms with van der Waals surface area (Å²) in [6.45, 7) is 6.58. The first-order valence-electron chi connectivity index (χ1n) is 10.8. The van der Waals surface area contributed by atoms with Crippen LogP contribution in [0.1, 0.15) is 11.5 Å². The molecule has 0 saturated carbocycles. The van der Waals surface area contributed by atoms with Gasteiger partial charge in [0.1, 0.15) is 11.8 Å². The summed E-state index contributed by atoms with van der Waals surface area (Å²) in [5.74, 6) is 2.47. The highest BCUT2D eigenvalue weighted by molar-refractivity contribution is 7.51. The van der Waals surface area contributed by atoms with Gasteiger partial charge in [-0.3, -0.25) is 4.79 Å². The number of carbonyl (C=O) groups excluding carboxylic acids is 1. The summed E-state index contributed by atoms with van der Waals surface area (Å²) in [7, 11) is 4.81. The molecule has 0 amide bonds. The first-order chi connectivity index (χ1) is 15.0. The van der Waals surface area contributed by atoms with Gasteiger partial charge in [-0.1, -0.05) is 20.7 Å². The van der Waals surface area contributed by atoms with Gasteiger partial charge in [0.05, 0.1) is 11.5 Å². The smallest absolute Gasteiger partial charge is 0.192 e. The number of nitrogens with zero attached hydrogens (tertiary/aromatic N) is 4. The fourth-order valence-electron chi connectivity index (χ4n) is 5.10. The van der Waals surface area contributed by atoms with Crippen molar-refractivity contribution in [2.45, 2.75) is 12.7 Å². The normalized spacial score (nSPS) is 27.0. The molecule has 0 spiro atoms. The van der Waals surface area contributed by atoms with E-state index >= 15 is 0 Å². The van der Waals surface area contributed by atoms with Crippen molar-refractivity contribution < 1.29 is 9.21 Å². The molecular weight excluding hydrogens is 407 g/mol. The molecule has 1 aromatic heterocycles. The molecule has 0 N–H and O–H groups in total. The first kappa shape index (κ1) is 20.5. The van der Waals surface area contributed by atoms with Gasteiger partial charge in [0.15, 0.2) is 11.5 Å². The van der Waals surface area contributed by atoms with E-state index in [1.165, 1.54) is 18.8 Å². The second kappa shape index (κ2) is 8.25. The van der Waals surface area contributed by atoms with E-state index in [9.17, 15) is 4.79 Å². The van der Waals surface area contributed by atoms with Gasteiger partial charge in [-0.15, -0.1) is 0 Å². The highest BCUT2D eigenvalue weighted by Crippen LogP contribution is 2.42. The molecule has 0 aliphatic carbocycles. The number of aromatic nitrogens is 1. The predicted molar refractivity (Wildman–Crippen MR) is 126 cm³/mol. The van der Waals surface area contributed by atoms with Gasteiger partial charge in [0.2, 0.25) is 0 Å². The van der Waals surface area contributed by atoms with Crippen molar-refractivity contribution >= 4 is 31.3 Å². The first-order valence-corrected chi connectivity index (χ1v) is 11.9. The molecule has 162 valence electrons. The molecule has 2 fully saturated rings. The summed E-state index contributed by atoms with van der Waals surface area (Å²) in [4.78, 5) is 23.0. The van der Waals surface area contributed by atoms with E-state index in [0.717, 1.165) is 53.2 Å². The molecule has 31 heavy (non-hydrogen) atoms. The SMILES string of the molecule is Cc1nc2ccc(/C(=C/C=O)PC3C=CC(N4CC5CN(C)C[C@@H]5C4)=CN3C)cc2o1. The van der Waals surface area contributed by atoms with Crippen LogP contribution in [0.4, 0.5) is 0 Å². The molecule has 0 bridgehead atoms. The molecule has 3 aliphatic rings. The maximum atomic E-state index is 11.4. The minimum absolute atomic E-state index is 0.232. The van der Waals surface area contributed by atoms with E-state index < -0.39 is 0 Å². The van der Waals surface area contributed by atoms with E-state index in [1.807, 2.05) is 25.1 Å². The van der Waals surface area contributed by atoms with E-state index in [2.05, 4.69) is 52.1 Å². The minimum atomic E-state index is 0.232. The van der Waals surface area contributed by atoms with E-state index in [1.54, 1.807) is 6.08 Å². The Hall–Kier alpha value is -2.43. The largest absolute Gasteiger partial charge is 0.441 e. The standard InChI is InChI=1S/C24H29N4O2P/c1-16-25-21-6-4-17(10-22(21)30-16)23(8-9-29)31-24-7-5-20(15-27(24)3)28-13-18-11-26(2)12-19(18)14-28/h4-10,15,18-19,24,31H,11-14H2,1-3H3/b23-8-/t18-,19?,24?/m1/s1. The van der Waals surface area contributed by atoms with Crippen LogP contribution in [0.2, 0.25) is 0 Å². The van der Waals surface area contributed by atoms with Gasteiger partial charge in [-0.05, 0) is 54.0 Å². The molecule has 3 aliphatic heterocycles. The van der Waals surface area contributed by atoms with Gasteiger partial charge in [0, 0.05) is 46.4 Å². The Bertz CT molecular complexity index is 1070. The molecule has 4 atom stereocenters. The number of fused-ring (bicyclic) bond motifs is 2. The molecule has 3 unspecified atom stereocenters. The quantitative estimate of drug-likeness (QED) is 0.406. The Kier molecular flexibility index (Phi) is 5.45. The summed E-state index contributed by atoms with van der Waals surface area (Å²) >= 11 is 0. The van der Waals surface area contributed by atoms with Crippen molar-refractivity contribution in [2.24, 2.45) is 11.8 Å². The molecule has 6 nitrogen and oxygen atoms in total. The van der Waals surface area contributed by atoms with Crippen LogP contribution in [0.5, 0.6) is 0 Å². The zero-order valence-corrected chi connectivity index (χ0v) is 19.3.